The van der Waals surface area contributed by atoms with Crippen molar-refractivity contribution in [3.63, 3.8) is 0 Å². The fraction of sp³-hybridized carbons (Fsp3) is 0.458. The highest BCUT2D eigenvalue weighted by Gasteiger charge is 2.24. The SMILES string of the molecule is NCCn1c(=O)cnc2ccc(F)c(OCC3CCC(NCc4cnc5c(n4)NC(=O)CS5)CC3)c21. The second-order valence-electron chi connectivity index (χ2n) is 9.04. The van der Waals surface area contributed by atoms with E-state index in [9.17, 15) is 14.0 Å². The molecule has 0 bridgehead atoms. The molecule has 0 saturated heterocycles. The van der Waals surface area contributed by atoms with Crippen LogP contribution in [-0.4, -0.2) is 50.4 Å². The average molecular weight is 514 g/mol. The molecule has 0 spiro atoms. The van der Waals surface area contributed by atoms with Crippen molar-refractivity contribution in [3.8, 4) is 5.75 Å². The van der Waals surface area contributed by atoms with E-state index in [1.807, 2.05) is 0 Å². The van der Waals surface area contributed by atoms with Crippen LogP contribution >= 0.6 is 11.8 Å². The third kappa shape index (κ3) is 5.35. The van der Waals surface area contributed by atoms with Crippen LogP contribution in [0.2, 0.25) is 0 Å². The number of hydrogen-bond acceptors (Lipinski definition) is 9. The van der Waals surface area contributed by atoms with Gasteiger partial charge in [-0.15, -0.1) is 0 Å². The normalized spacial score (nSPS) is 19.7. The number of aromatic nitrogens is 4. The summed E-state index contributed by atoms with van der Waals surface area (Å²) >= 11 is 1.39. The maximum atomic E-state index is 14.7. The van der Waals surface area contributed by atoms with Crippen LogP contribution < -0.4 is 26.7 Å². The minimum Gasteiger partial charge on any atom is -0.488 e. The van der Waals surface area contributed by atoms with Gasteiger partial charge in [0.2, 0.25) is 5.91 Å². The zero-order chi connectivity index (χ0) is 25.1. The highest BCUT2D eigenvalue weighted by molar-refractivity contribution is 8.00. The molecule has 12 heteroatoms. The second-order valence-corrected chi connectivity index (χ2v) is 10.0. The molecule has 2 aliphatic rings. The van der Waals surface area contributed by atoms with E-state index in [2.05, 4.69) is 25.6 Å². The fourth-order valence-corrected chi connectivity index (χ4v) is 5.37. The molecule has 36 heavy (non-hydrogen) atoms. The minimum absolute atomic E-state index is 0.0580. The predicted molar refractivity (Wildman–Crippen MR) is 134 cm³/mol. The summed E-state index contributed by atoms with van der Waals surface area (Å²) in [5.74, 6) is 0.655. The van der Waals surface area contributed by atoms with Crippen LogP contribution in [0.25, 0.3) is 11.0 Å². The predicted octanol–water partition coefficient (Wildman–Crippen LogP) is 2.06. The second kappa shape index (κ2) is 10.9. The molecule has 1 aromatic carbocycles. The molecule has 0 unspecified atom stereocenters. The lowest BCUT2D eigenvalue weighted by molar-refractivity contribution is -0.113. The van der Waals surface area contributed by atoms with Crippen molar-refractivity contribution < 1.29 is 13.9 Å². The molecule has 5 rings (SSSR count). The summed E-state index contributed by atoms with van der Waals surface area (Å²) in [5.41, 5.74) is 6.96. The molecule has 10 nitrogen and oxygen atoms in total. The molecule has 0 atom stereocenters. The quantitative estimate of drug-likeness (QED) is 0.413. The van der Waals surface area contributed by atoms with Gasteiger partial charge in [-0.25, -0.2) is 19.3 Å². The first-order chi connectivity index (χ1) is 17.5. The van der Waals surface area contributed by atoms with Gasteiger partial charge in [0.15, 0.2) is 17.4 Å². The molecule has 4 N–H and O–H groups in total. The first-order valence-electron chi connectivity index (χ1n) is 12.0. The van der Waals surface area contributed by atoms with Gasteiger partial charge in [-0.05, 0) is 43.7 Å². The molecular formula is C24H28FN7O3S. The zero-order valence-corrected chi connectivity index (χ0v) is 20.5. The Hall–Kier alpha value is -3.09. The molecular weight excluding hydrogens is 485 g/mol. The van der Waals surface area contributed by atoms with E-state index in [0.29, 0.717) is 41.8 Å². The summed E-state index contributed by atoms with van der Waals surface area (Å²) in [4.78, 5) is 37.0. The Balaban J connectivity index is 1.17. The minimum atomic E-state index is -0.517. The molecule has 1 amide bonds. The fourth-order valence-electron chi connectivity index (χ4n) is 4.67. The molecule has 2 aromatic heterocycles. The van der Waals surface area contributed by atoms with Crippen LogP contribution in [0.1, 0.15) is 31.4 Å². The Kier molecular flexibility index (Phi) is 7.44. The van der Waals surface area contributed by atoms with E-state index in [4.69, 9.17) is 10.5 Å². The van der Waals surface area contributed by atoms with Gasteiger partial charge in [0.1, 0.15) is 10.5 Å². The third-order valence-electron chi connectivity index (χ3n) is 6.53. The number of nitrogens with zero attached hydrogens (tertiary/aromatic N) is 4. The van der Waals surface area contributed by atoms with Crippen LogP contribution in [-0.2, 0) is 17.9 Å². The number of nitrogens with two attached hydrogens (primary N) is 1. The first kappa shape index (κ1) is 24.6. The Morgan fingerprint density at radius 3 is 2.83 bits per heavy atom. The van der Waals surface area contributed by atoms with Gasteiger partial charge in [0, 0.05) is 25.7 Å². The van der Waals surface area contributed by atoms with Crippen molar-refractivity contribution >= 4 is 34.5 Å². The van der Waals surface area contributed by atoms with Gasteiger partial charge in [-0.1, -0.05) is 11.8 Å². The number of ether oxygens (including phenoxy) is 1. The number of hydrogen-bond donors (Lipinski definition) is 3. The monoisotopic (exact) mass is 513 g/mol. The number of thioether (sulfide) groups is 1. The van der Waals surface area contributed by atoms with E-state index in [0.717, 1.165) is 36.4 Å². The van der Waals surface area contributed by atoms with Crippen molar-refractivity contribution in [2.24, 2.45) is 11.7 Å². The smallest absolute Gasteiger partial charge is 0.269 e. The highest BCUT2D eigenvalue weighted by Crippen LogP contribution is 2.31. The van der Waals surface area contributed by atoms with Crippen molar-refractivity contribution in [3.05, 3.63) is 46.4 Å². The van der Waals surface area contributed by atoms with Crippen LogP contribution in [0.15, 0.2) is 34.3 Å². The Morgan fingerprint density at radius 2 is 2.03 bits per heavy atom. The molecule has 3 heterocycles. The lowest BCUT2D eigenvalue weighted by Gasteiger charge is -2.29. The topological polar surface area (TPSA) is 137 Å². The van der Waals surface area contributed by atoms with E-state index >= 15 is 0 Å². The van der Waals surface area contributed by atoms with E-state index in [1.165, 1.54) is 28.6 Å². The van der Waals surface area contributed by atoms with Crippen molar-refractivity contribution in [1.82, 2.24) is 24.8 Å². The van der Waals surface area contributed by atoms with Gasteiger partial charge in [-0.3, -0.25) is 9.59 Å². The van der Waals surface area contributed by atoms with Crippen molar-refractivity contribution in [2.75, 3.05) is 24.2 Å². The molecule has 1 aliphatic carbocycles. The van der Waals surface area contributed by atoms with E-state index < -0.39 is 5.82 Å². The van der Waals surface area contributed by atoms with Crippen molar-refractivity contribution in [1.29, 1.82) is 0 Å². The maximum absolute atomic E-state index is 14.7. The molecule has 3 aromatic rings. The molecule has 190 valence electrons. The Bertz CT molecular complexity index is 1330. The number of nitrogens with one attached hydrogen (secondary N) is 2. The molecule has 0 radical (unpaired) electrons. The number of benzene rings is 1. The van der Waals surface area contributed by atoms with Crippen LogP contribution in [0.3, 0.4) is 0 Å². The number of fused-ring (bicyclic) bond motifs is 2. The Labute approximate surface area is 211 Å². The number of halogens is 1. The van der Waals surface area contributed by atoms with Gasteiger partial charge < -0.3 is 25.7 Å². The van der Waals surface area contributed by atoms with Gasteiger partial charge in [0.05, 0.1) is 36.0 Å². The lowest BCUT2D eigenvalue weighted by atomic mass is 9.86. The summed E-state index contributed by atoms with van der Waals surface area (Å²) in [6.45, 7) is 1.44. The summed E-state index contributed by atoms with van der Waals surface area (Å²) in [6, 6.07) is 3.19. The summed E-state index contributed by atoms with van der Waals surface area (Å²) < 4.78 is 22.1. The number of amides is 1. The van der Waals surface area contributed by atoms with Crippen LogP contribution in [0, 0.1) is 11.7 Å². The molecule has 1 aliphatic heterocycles. The molecule has 1 saturated carbocycles. The number of rotatable bonds is 8. The molecule has 1 fully saturated rings. The van der Waals surface area contributed by atoms with Gasteiger partial charge in [-0.2, -0.15) is 0 Å². The first-order valence-corrected chi connectivity index (χ1v) is 13.0. The number of carbonyl (C=O) groups excluding carboxylic acids is 1. The standard InChI is InChI=1S/C24H28FN7O3S/c25-17-5-6-18-21(32(8-7-26)20(34)11-28-18)22(17)35-12-14-1-3-15(4-2-14)27-9-16-10-29-24-23(30-16)31-19(33)13-36-24/h5-6,10-11,14-15,27H,1-4,7-9,12-13,26H2,(H,30,31,33). The maximum Gasteiger partial charge on any atom is 0.269 e. The largest absolute Gasteiger partial charge is 0.488 e. The number of carbonyl (C=O) groups is 1. The summed E-state index contributed by atoms with van der Waals surface area (Å²) in [7, 11) is 0. The van der Waals surface area contributed by atoms with Gasteiger partial charge in [0.25, 0.3) is 5.56 Å². The Morgan fingerprint density at radius 1 is 1.19 bits per heavy atom. The van der Waals surface area contributed by atoms with Crippen LogP contribution in [0.4, 0.5) is 10.2 Å². The highest BCUT2D eigenvalue weighted by atomic mass is 32.2. The van der Waals surface area contributed by atoms with Crippen molar-refractivity contribution in [2.45, 2.75) is 49.8 Å². The van der Waals surface area contributed by atoms with E-state index in [-0.39, 0.29) is 36.2 Å². The third-order valence-corrected chi connectivity index (χ3v) is 7.51. The van der Waals surface area contributed by atoms with Crippen LogP contribution in [0.5, 0.6) is 5.75 Å². The average Bonchev–Trinajstić information content (AvgIpc) is 2.89. The van der Waals surface area contributed by atoms with Gasteiger partial charge >= 0.3 is 0 Å². The zero-order valence-electron chi connectivity index (χ0n) is 19.7. The lowest BCUT2D eigenvalue weighted by Crippen LogP contribution is -2.34. The van der Waals surface area contributed by atoms with E-state index in [1.54, 1.807) is 12.3 Å². The number of anilines is 1. The summed E-state index contributed by atoms with van der Waals surface area (Å²) in [5, 5.41) is 7.05. The summed E-state index contributed by atoms with van der Waals surface area (Å²) in [6.07, 6.45) is 6.74.